The number of Topliss-reactive ketones (excluding diaryl/α,β-unsaturated/α-hetero) is 1. The Hall–Kier alpha value is -2.31. The van der Waals surface area contributed by atoms with Gasteiger partial charge in [0.15, 0.2) is 11.6 Å². The van der Waals surface area contributed by atoms with Crippen LogP contribution in [0.4, 0.5) is 14.5 Å². The van der Waals surface area contributed by atoms with Gasteiger partial charge in [-0.05, 0) is 19.9 Å². The highest BCUT2D eigenvalue weighted by Crippen LogP contribution is 2.33. The summed E-state index contributed by atoms with van der Waals surface area (Å²) in [6, 6.07) is 1.47. The average molecular weight is 297 g/mol. The minimum atomic E-state index is -1.20. The molecule has 0 bridgehead atoms. The van der Waals surface area contributed by atoms with Crippen LogP contribution in [0.5, 0.6) is 0 Å². The Morgan fingerprint density at radius 1 is 1.24 bits per heavy atom. The molecular weight excluding hydrogens is 284 g/mol. The molecule has 1 amide bonds. The first-order valence-corrected chi connectivity index (χ1v) is 6.12. The van der Waals surface area contributed by atoms with Gasteiger partial charge in [-0.25, -0.2) is 8.78 Å². The molecule has 0 atom stereocenters. The van der Waals surface area contributed by atoms with E-state index in [1.807, 2.05) is 0 Å². The summed E-state index contributed by atoms with van der Waals surface area (Å²) in [7, 11) is 1.20. The second-order valence-electron chi connectivity index (χ2n) is 5.38. The van der Waals surface area contributed by atoms with Gasteiger partial charge in [-0.3, -0.25) is 14.4 Å². The number of anilines is 1. The third kappa shape index (κ3) is 2.39. The van der Waals surface area contributed by atoms with Gasteiger partial charge < -0.3 is 9.64 Å². The van der Waals surface area contributed by atoms with Gasteiger partial charge in [0, 0.05) is 12.6 Å². The normalized spacial score (nSPS) is 14.4. The second kappa shape index (κ2) is 4.91. The highest BCUT2D eigenvalue weighted by molar-refractivity contribution is 6.52. The highest BCUT2D eigenvalue weighted by Gasteiger charge is 2.42. The molecule has 1 aliphatic rings. The highest BCUT2D eigenvalue weighted by atomic mass is 19.2. The third-order valence-corrected chi connectivity index (χ3v) is 3.30. The zero-order valence-electron chi connectivity index (χ0n) is 11.7. The first-order chi connectivity index (χ1) is 9.69. The minimum Gasteiger partial charge on any atom is -0.469 e. The molecule has 1 aromatic rings. The topological polar surface area (TPSA) is 63.7 Å². The average Bonchev–Trinajstić information content (AvgIpc) is 2.64. The monoisotopic (exact) mass is 297 g/mol. The maximum absolute atomic E-state index is 13.3. The Morgan fingerprint density at radius 2 is 1.81 bits per heavy atom. The summed E-state index contributed by atoms with van der Waals surface area (Å²) in [5.41, 5.74) is -1.35. The maximum Gasteiger partial charge on any atom is 0.313 e. The molecule has 0 aliphatic carbocycles. The van der Waals surface area contributed by atoms with Crippen molar-refractivity contribution in [3.05, 3.63) is 29.3 Å². The fraction of sp³-hybridized carbons (Fsp3) is 0.357. The summed E-state index contributed by atoms with van der Waals surface area (Å²) >= 11 is 0. The largest absolute Gasteiger partial charge is 0.469 e. The van der Waals surface area contributed by atoms with Gasteiger partial charge in [0.1, 0.15) is 0 Å². The number of amides is 1. The van der Waals surface area contributed by atoms with Gasteiger partial charge in [-0.15, -0.1) is 0 Å². The number of esters is 1. The number of hydrogen-bond acceptors (Lipinski definition) is 4. The van der Waals surface area contributed by atoms with Crippen LogP contribution in [-0.4, -0.2) is 31.3 Å². The smallest absolute Gasteiger partial charge is 0.313 e. The van der Waals surface area contributed by atoms with Crippen LogP contribution < -0.4 is 4.90 Å². The Labute approximate surface area is 119 Å². The number of methoxy groups -OCH3 is 1. The number of carbonyl (C=O) groups excluding carboxylic acids is 3. The Balaban J connectivity index is 2.44. The van der Waals surface area contributed by atoms with E-state index in [2.05, 4.69) is 4.74 Å². The molecule has 0 N–H and O–H groups in total. The van der Waals surface area contributed by atoms with E-state index in [9.17, 15) is 23.2 Å². The molecule has 0 spiro atoms. The van der Waals surface area contributed by atoms with Gasteiger partial charge in [-0.1, -0.05) is 0 Å². The minimum absolute atomic E-state index is 0.0409. The van der Waals surface area contributed by atoms with Crippen LogP contribution in [0.1, 0.15) is 24.2 Å². The number of fused-ring (bicyclic) bond motifs is 1. The van der Waals surface area contributed by atoms with Crippen molar-refractivity contribution in [3.63, 3.8) is 0 Å². The van der Waals surface area contributed by atoms with Crippen LogP contribution in [0, 0.1) is 17.0 Å². The van der Waals surface area contributed by atoms with E-state index in [-0.39, 0.29) is 17.8 Å². The van der Waals surface area contributed by atoms with Gasteiger partial charge >= 0.3 is 5.97 Å². The molecule has 0 aromatic heterocycles. The lowest BCUT2D eigenvalue weighted by Gasteiger charge is -2.27. The SMILES string of the molecule is COC(=O)C(C)(C)CN1C(=O)C(=O)c2cc(F)c(F)cc21. The quantitative estimate of drug-likeness (QED) is 0.629. The van der Waals surface area contributed by atoms with Crippen molar-refractivity contribution in [2.45, 2.75) is 13.8 Å². The summed E-state index contributed by atoms with van der Waals surface area (Å²) in [5, 5.41) is 0. The van der Waals surface area contributed by atoms with Crippen LogP contribution in [0.3, 0.4) is 0 Å². The van der Waals surface area contributed by atoms with E-state index >= 15 is 0 Å². The van der Waals surface area contributed by atoms with Crippen molar-refractivity contribution in [1.82, 2.24) is 0 Å². The van der Waals surface area contributed by atoms with Gasteiger partial charge in [-0.2, -0.15) is 0 Å². The maximum atomic E-state index is 13.3. The van der Waals surface area contributed by atoms with E-state index in [1.54, 1.807) is 0 Å². The molecule has 1 heterocycles. The first kappa shape index (κ1) is 15.1. The van der Waals surface area contributed by atoms with Crippen molar-refractivity contribution in [2.75, 3.05) is 18.6 Å². The fourth-order valence-electron chi connectivity index (χ4n) is 2.18. The van der Waals surface area contributed by atoms with E-state index < -0.39 is 34.7 Å². The van der Waals surface area contributed by atoms with Crippen molar-refractivity contribution in [3.8, 4) is 0 Å². The number of rotatable bonds is 3. The summed E-state index contributed by atoms with van der Waals surface area (Å²) in [4.78, 5) is 36.4. The van der Waals surface area contributed by atoms with E-state index in [4.69, 9.17) is 0 Å². The van der Waals surface area contributed by atoms with Crippen molar-refractivity contribution < 1.29 is 27.9 Å². The lowest BCUT2D eigenvalue weighted by atomic mass is 9.93. The Bertz CT molecular complexity index is 655. The number of halogens is 2. The van der Waals surface area contributed by atoms with Gasteiger partial charge in [0.2, 0.25) is 0 Å². The predicted octanol–water partition coefficient (Wildman–Crippen LogP) is 1.69. The molecule has 1 aromatic carbocycles. The summed E-state index contributed by atoms with van der Waals surface area (Å²) in [6.07, 6.45) is 0. The van der Waals surface area contributed by atoms with E-state index in [1.165, 1.54) is 21.0 Å². The number of ether oxygens (including phenoxy) is 1. The second-order valence-corrected chi connectivity index (χ2v) is 5.38. The Kier molecular flexibility index (Phi) is 3.52. The number of carbonyl (C=O) groups is 3. The molecule has 0 fully saturated rings. The molecule has 2 rings (SSSR count). The molecule has 0 radical (unpaired) electrons. The molecule has 0 unspecified atom stereocenters. The molecule has 1 aliphatic heterocycles. The zero-order chi connectivity index (χ0) is 15.9. The number of benzene rings is 1. The van der Waals surface area contributed by atoms with Crippen LogP contribution >= 0.6 is 0 Å². The van der Waals surface area contributed by atoms with Gasteiger partial charge in [0.25, 0.3) is 11.7 Å². The standard InChI is InChI=1S/C14H13F2NO4/c1-14(2,13(20)21-3)6-17-10-5-9(16)8(15)4-7(10)11(18)12(17)19/h4-5H,6H2,1-3H3. The number of nitrogens with zero attached hydrogens (tertiary/aromatic N) is 1. The summed E-state index contributed by atoms with van der Waals surface area (Å²) in [5.74, 6) is -4.81. The van der Waals surface area contributed by atoms with E-state index in [0.717, 1.165) is 11.0 Å². The molecular formula is C14H13F2NO4. The summed E-state index contributed by atoms with van der Waals surface area (Å²) in [6.45, 7) is 2.87. The molecule has 0 saturated carbocycles. The lowest BCUT2D eigenvalue weighted by molar-refractivity contribution is -0.150. The van der Waals surface area contributed by atoms with Crippen LogP contribution in [-0.2, 0) is 14.3 Å². The fourth-order valence-corrected chi connectivity index (χ4v) is 2.18. The molecule has 5 nitrogen and oxygen atoms in total. The van der Waals surface area contributed by atoms with E-state index in [0.29, 0.717) is 6.07 Å². The predicted molar refractivity (Wildman–Crippen MR) is 68.8 cm³/mol. The molecule has 0 saturated heterocycles. The third-order valence-electron chi connectivity index (χ3n) is 3.30. The summed E-state index contributed by atoms with van der Waals surface area (Å²) < 4.78 is 31.2. The van der Waals surface area contributed by atoms with Crippen LogP contribution in [0.15, 0.2) is 12.1 Å². The van der Waals surface area contributed by atoms with Crippen LogP contribution in [0.2, 0.25) is 0 Å². The van der Waals surface area contributed by atoms with Gasteiger partial charge in [0.05, 0.1) is 23.8 Å². The number of ketones is 1. The van der Waals surface area contributed by atoms with Crippen molar-refractivity contribution in [1.29, 1.82) is 0 Å². The Morgan fingerprint density at radius 3 is 2.38 bits per heavy atom. The number of hydrogen-bond donors (Lipinski definition) is 0. The lowest BCUT2D eigenvalue weighted by Crippen LogP contribution is -2.42. The van der Waals surface area contributed by atoms with Crippen LogP contribution in [0.25, 0.3) is 0 Å². The van der Waals surface area contributed by atoms with Crippen molar-refractivity contribution >= 4 is 23.3 Å². The first-order valence-electron chi connectivity index (χ1n) is 6.12. The molecule has 21 heavy (non-hydrogen) atoms. The molecule has 7 heteroatoms. The van der Waals surface area contributed by atoms with Crippen molar-refractivity contribution in [2.24, 2.45) is 5.41 Å². The zero-order valence-corrected chi connectivity index (χ0v) is 11.7. The molecule has 112 valence electrons.